The molecule has 1 aliphatic heterocycles. The van der Waals surface area contributed by atoms with Crippen molar-refractivity contribution in [1.82, 2.24) is 14.8 Å². The van der Waals surface area contributed by atoms with Crippen LogP contribution in [0.4, 0.5) is 0 Å². The number of fused-ring (bicyclic) bond motifs is 1. The number of hydrogen-bond donors (Lipinski definition) is 0. The molecule has 4 heteroatoms. The SMILES string of the molecule is CN(C(=O)c1cccc2ncccc12)C1CCN(C2CC2)C1. The molecular formula is C18H21N3O. The predicted octanol–water partition coefficient (Wildman–Crippen LogP) is 2.54. The third-order valence-corrected chi connectivity index (χ3v) is 5.00. The molecule has 0 spiro atoms. The average molecular weight is 295 g/mol. The number of benzene rings is 1. The second kappa shape index (κ2) is 5.36. The van der Waals surface area contributed by atoms with E-state index >= 15 is 0 Å². The highest BCUT2D eigenvalue weighted by Gasteiger charge is 2.36. The molecule has 2 aromatic rings. The largest absolute Gasteiger partial charge is 0.337 e. The molecule has 1 saturated heterocycles. The fraction of sp³-hybridized carbons (Fsp3) is 0.444. The van der Waals surface area contributed by atoms with Crippen LogP contribution in [-0.2, 0) is 0 Å². The molecule has 2 fully saturated rings. The Hall–Kier alpha value is -1.94. The summed E-state index contributed by atoms with van der Waals surface area (Å²) in [5, 5.41) is 0.943. The monoisotopic (exact) mass is 295 g/mol. The number of aromatic nitrogens is 1. The molecule has 0 bridgehead atoms. The van der Waals surface area contributed by atoms with Crippen molar-refractivity contribution >= 4 is 16.8 Å². The number of hydrogen-bond acceptors (Lipinski definition) is 3. The van der Waals surface area contributed by atoms with Gasteiger partial charge in [-0.25, -0.2) is 0 Å². The van der Waals surface area contributed by atoms with Crippen LogP contribution >= 0.6 is 0 Å². The van der Waals surface area contributed by atoms with E-state index in [1.165, 1.54) is 12.8 Å². The summed E-state index contributed by atoms with van der Waals surface area (Å²) in [7, 11) is 1.94. The van der Waals surface area contributed by atoms with Crippen molar-refractivity contribution in [3.63, 3.8) is 0 Å². The Balaban J connectivity index is 1.57. The van der Waals surface area contributed by atoms with E-state index in [1.54, 1.807) is 6.20 Å². The summed E-state index contributed by atoms with van der Waals surface area (Å²) in [5.74, 6) is 0.112. The summed E-state index contributed by atoms with van der Waals surface area (Å²) in [6.45, 7) is 2.15. The van der Waals surface area contributed by atoms with Crippen molar-refractivity contribution in [2.45, 2.75) is 31.3 Å². The Morgan fingerprint density at radius 3 is 2.91 bits per heavy atom. The normalized spacial score (nSPS) is 22.1. The van der Waals surface area contributed by atoms with E-state index in [0.717, 1.165) is 42.0 Å². The lowest BCUT2D eigenvalue weighted by atomic mass is 10.1. The maximum absolute atomic E-state index is 12.9. The lowest BCUT2D eigenvalue weighted by Gasteiger charge is -2.25. The van der Waals surface area contributed by atoms with E-state index in [-0.39, 0.29) is 5.91 Å². The number of nitrogens with zero attached hydrogens (tertiary/aromatic N) is 3. The molecule has 4 nitrogen and oxygen atoms in total. The van der Waals surface area contributed by atoms with Gasteiger partial charge in [0.2, 0.25) is 0 Å². The Morgan fingerprint density at radius 1 is 1.23 bits per heavy atom. The molecule has 1 unspecified atom stereocenters. The van der Waals surface area contributed by atoms with Crippen LogP contribution in [0.15, 0.2) is 36.5 Å². The number of rotatable bonds is 3. The second-order valence-corrected chi connectivity index (χ2v) is 6.46. The van der Waals surface area contributed by atoms with Crippen molar-refractivity contribution in [3.05, 3.63) is 42.1 Å². The molecule has 1 aromatic carbocycles. The predicted molar refractivity (Wildman–Crippen MR) is 86.8 cm³/mol. The first kappa shape index (κ1) is 13.7. The third-order valence-electron chi connectivity index (χ3n) is 5.00. The van der Waals surface area contributed by atoms with Crippen molar-refractivity contribution in [3.8, 4) is 0 Å². The fourth-order valence-electron chi connectivity index (χ4n) is 3.50. The van der Waals surface area contributed by atoms with Crippen molar-refractivity contribution in [1.29, 1.82) is 0 Å². The molecule has 2 aliphatic rings. The maximum Gasteiger partial charge on any atom is 0.254 e. The smallest absolute Gasteiger partial charge is 0.254 e. The first-order valence-corrected chi connectivity index (χ1v) is 8.09. The Bertz CT molecular complexity index is 705. The van der Waals surface area contributed by atoms with Crippen LogP contribution in [0.5, 0.6) is 0 Å². The second-order valence-electron chi connectivity index (χ2n) is 6.46. The van der Waals surface area contributed by atoms with E-state index in [4.69, 9.17) is 0 Å². The van der Waals surface area contributed by atoms with Gasteiger partial charge >= 0.3 is 0 Å². The lowest BCUT2D eigenvalue weighted by molar-refractivity contribution is 0.0736. The molecule has 22 heavy (non-hydrogen) atoms. The minimum absolute atomic E-state index is 0.112. The summed E-state index contributed by atoms with van der Waals surface area (Å²) < 4.78 is 0. The Labute approximate surface area is 130 Å². The van der Waals surface area contributed by atoms with E-state index in [0.29, 0.717) is 6.04 Å². The molecule has 1 aromatic heterocycles. The number of likely N-dealkylation sites (tertiary alicyclic amines) is 1. The van der Waals surface area contributed by atoms with E-state index in [9.17, 15) is 4.79 Å². The molecule has 114 valence electrons. The standard InChI is InChI=1S/C18H21N3O/c1-20(14-9-11-21(12-14)13-7-8-13)18(22)16-4-2-6-17-15(16)5-3-10-19-17/h2-6,10,13-14H,7-9,11-12H2,1H3. The number of carbonyl (C=O) groups is 1. The zero-order valence-corrected chi connectivity index (χ0v) is 12.9. The van der Waals surface area contributed by atoms with Gasteiger partial charge in [-0.15, -0.1) is 0 Å². The van der Waals surface area contributed by atoms with Gasteiger partial charge in [0.25, 0.3) is 5.91 Å². The van der Waals surface area contributed by atoms with Crippen LogP contribution in [-0.4, -0.2) is 52.9 Å². The van der Waals surface area contributed by atoms with Crippen LogP contribution in [0, 0.1) is 0 Å². The lowest BCUT2D eigenvalue weighted by Crippen LogP contribution is -2.39. The fourth-order valence-corrected chi connectivity index (χ4v) is 3.50. The van der Waals surface area contributed by atoms with Crippen molar-refractivity contribution in [2.75, 3.05) is 20.1 Å². The summed E-state index contributed by atoms with van der Waals surface area (Å²) in [4.78, 5) is 21.7. The van der Waals surface area contributed by atoms with Gasteiger partial charge < -0.3 is 4.90 Å². The Morgan fingerprint density at radius 2 is 2.09 bits per heavy atom. The molecule has 1 aliphatic carbocycles. The zero-order valence-electron chi connectivity index (χ0n) is 12.9. The highest BCUT2D eigenvalue weighted by Crippen LogP contribution is 2.31. The van der Waals surface area contributed by atoms with Gasteiger partial charge in [-0.05, 0) is 37.5 Å². The zero-order chi connectivity index (χ0) is 15.1. The molecule has 0 radical (unpaired) electrons. The number of pyridine rings is 1. The molecule has 0 N–H and O–H groups in total. The van der Waals surface area contributed by atoms with Gasteiger partial charge in [0.05, 0.1) is 5.52 Å². The molecule has 1 amide bonds. The van der Waals surface area contributed by atoms with Gasteiger partial charge in [-0.3, -0.25) is 14.7 Å². The number of likely N-dealkylation sites (N-methyl/N-ethyl adjacent to an activating group) is 1. The Kier molecular flexibility index (Phi) is 3.34. The van der Waals surface area contributed by atoms with Gasteiger partial charge in [-0.1, -0.05) is 12.1 Å². The molecule has 2 heterocycles. The summed E-state index contributed by atoms with van der Waals surface area (Å²) in [6, 6.07) is 10.8. The third kappa shape index (κ3) is 2.37. The highest BCUT2D eigenvalue weighted by molar-refractivity contribution is 6.06. The maximum atomic E-state index is 12.9. The van der Waals surface area contributed by atoms with E-state index < -0.39 is 0 Å². The summed E-state index contributed by atoms with van der Waals surface area (Å²) >= 11 is 0. The van der Waals surface area contributed by atoms with E-state index in [2.05, 4.69) is 9.88 Å². The first-order valence-electron chi connectivity index (χ1n) is 8.09. The average Bonchev–Trinajstić information content (AvgIpc) is 3.30. The number of carbonyl (C=O) groups excluding carboxylic acids is 1. The summed E-state index contributed by atoms with van der Waals surface area (Å²) in [6.07, 6.45) is 5.52. The van der Waals surface area contributed by atoms with Crippen LogP contribution in [0.1, 0.15) is 29.6 Å². The van der Waals surface area contributed by atoms with E-state index in [1.807, 2.05) is 42.3 Å². The van der Waals surface area contributed by atoms with Gasteiger partial charge in [0, 0.05) is 49.4 Å². The molecule has 1 atom stereocenters. The van der Waals surface area contributed by atoms with Gasteiger partial charge in [0.1, 0.15) is 0 Å². The first-order chi connectivity index (χ1) is 10.7. The minimum atomic E-state index is 0.112. The molecular weight excluding hydrogens is 274 g/mol. The highest BCUT2D eigenvalue weighted by atomic mass is 16.2. The van der Waals surface area contributed by atoms with Crippen molar-refractivity contribution in [2.24, 2.45) is 0 Å². The quantitative estimate of drug-likeness (QED) is 0.873. The van der Waals surface area contributed by atoms with Gasteiger partial charge in [-0.2, -0.15) is 0 Å². The van der Waals surface area contributed by atoms with Crippen LogP contribution in [0.2, 0.25) is 0 Å². The van der Waals surface area contributed by atoms with Crippen LogP contribution in [0.3, 0.4) is 0 Å². The minimum Gasteiger partial charge on any atom is -0.337 e. The van der Waals surface area contributed by atoms with Gasteiger partial charge in [0.15, 0.2) is 0 Å². The van der Waals surface area contributed by atoms with Crippen LogP contribution in [0.25, 0.3) is 10.9 Å². The number of amides is 1. The topological polar surface area (TPSA) is 36.4 Å². The summed E-state index contributed by atoms with van der Waals surface area (Å²) in [5.41, 5.74) is 1.64. The molecule has 4 rings (SSSR count). The van der Waals surface area contributed by atoms with Crippen LogP contribution < -0.4 is 0 Å². The molecule has 1 saturated carbocycles. The van der Waals surface area contributed by atoms with Crippen molar-refractivity contribution < 1.29 is 4.79 Å².